The first-order chi connectivity index (χ1) is 13.6. The van der Waals surface area contributed by atoms with Crippen LogP contribution in [0, 0.1) is 6.92 Å². The maximum atomic E-state index is 11.4. The number of anilines is 1. The zero-order valence-corrected chi connectivity index (χ0v) is 16.2. The molecule has 1 atom stereocenters. The summed E-state index contributed by atoms with van der Waals surface area (Å²) in [7, 11) is 0. The molecule has 4 rings (SSSR count). The van der Waals surface area contributed by atoms with Crippen LogP contribution >= 0.6 is 0 Å². The van der Waals surface area contributed by atoms with Crippen molar-refractivity contribution in [3.05, 3.63) is 48.4 Å². The first-order valence-electron chi connectivity index (χ1n) is 9.72. The number of carbonyl (C=O) groups is 1. The Kier molecular flexibility index (Phi) is 4.90. The number of aryl methyl sites for hydroxylation is 1. The number of benzene rings is 1. The van der Waals surface area contributed by atoms with E-state index in [-0.39, 0.29) is 6.04 Å². The molecule has 1 aliphatic rings. The van der Waals surface area contributed by atoms with E-state index in [1.807, 2.05) is 18.3 Å². The van der Waals surface area contributed by atoms with E-state index in [0.29, 0.717) is 13.1 Å². The molecular weight excluding hydrogens is 354 g/mol. The van der Waals surface area contributed by atoms with E-state index in [0.717, 1.165) is 41.9 Å². The minimum absolute atomic E-state index is 0.120. The molecule has 146 valence electrons. The van der Waals surface area contributed by atoms with Crippen LogP contribution in [-0.4, -0.2) is 56.3 Å². The number of para-hydroxylation sites is 1. The molecule has 0 bridgehead atoms. The molecule has 3 heterocycles. The molecule has 1 N–H and O–H groups in total. The van der Waals surface area contributed by atoms with Crippen molar-refractivity contribution in [3.63, 3.8) is 0 Å². The van der Waals surface area contributed by atoms with E-state index >= 15 is 0 Å². The van der Waals surface area contributed by atoms with Crippen molar-refractivity contribution in [1.82, 2.24) is 19.4 Å². The van der Waals surface area contributed by atoms with E-state index < -0.39 is 6.09 Å². The van der Waals surface area contributed by atoms with Crippen molar-refractivity contribution in [1.29, 1.82) is 0 Å². The molecule has 0 aliphatic carbocycles. The predicted molar refractivity (Wildman–Crippen MR) is 109 cm³/mol. The van der Waals surface area contributed by atoms with Gasteiger partial charge in [-0.2, -0.15) is 0 Å². The summed E-state index contributed by atoms with van der Waals surface area (Å²) in [6, 6.07) is 10.4. The molecule has 7 heteroatoms. The molecule has 2 aromatic heterocycles. The van der Waals surface area contributed by atoms with Gasteiger partial charge in [-0.05, 0) is 44.4 Å². The van der Waals surface area contributed by atoms with Gasteiger partial charge in [0.25, 0.3) is 0 Å². The lowest BCUT2D eigenvalue weighted by Crippen LogP contribution is -2.50. The van der Waals surface area contributed by atoms with Crippen LogP contribution in [0.4, 0.5) is 10.6 Å². The van der Waals surface area contributed by atoms with E-state index in [1.54, 1.807) is 6.33 Å². The number of piperidine rings is 1. The maximum absolute atomic E-state index is 11.4. The van der Waals surface area contributed by atoms with Crippen LogP contribution in [0.3, 0.4) is 0 Å². The third-order valence-electron chi connectivity index (χ3n) is 5.56. The summed E-state index contributed by atoms with van der Waals surface area (Å²) >= 11 is 0. The SMILES string of the molecule is CCN(c1ncnc2c1ccn2-c1ccccc1C)C1CCCN(C(=O)O)C1. The number of hydrogen-bond donors (Lipinski definition) is 1. The van der Waals surface area contributed by atoms with Gasteiger partial charge in [0.15, 0.2) is 0 Å². The van der Waals surface area contributed by atoms with Crippen molar-refractivity contribution in [2.45, 2.75) is 32.7 Å². The Balaban J connectivity index is 1.74. The highest BCUT2D eigenvalue weighted by molar-refractivity contribution is 5.89. The van der Waals surface area contributed by atoms with Gasteiger partial charge in [0, 0.05) is 37.6 Å². The van der Waals surface area contributed by atoms with Gasteiger partial charge in [-0.1, -0.05) is 18.2 Å². The number of hydrogen-bond acceptors (Lipinski definition) is 4. The summed E-state index contributed by atoms with van der Waals surface area (Å²) in [5.74, 6) is 0.872. The fourth-order valence-corrected chi connectivity index (χ4v) is 4.16. The first kappa shape index (κ1) is 18.3. The Morgan fingerprint density at radius 1 is 1.29 bits per heavy atom. The van der Waals surface area contributed by atoms with Gasteiger partial charge in [0.2, 0.25) is 0 Å². The number of rotatable bonds is 4. The average molecular weight is 379 g/mol. The Labute approximate surface area is 164 Å². The molecule has 1 unspecified atom stereocenters. The van der Waals surface area contributed by atoms with Crippen molar-refractivity contribution in [2.75, 3.05) is 24.5 Å². The monoisotopic (exact) mass is 379 g/mol. The van der Waals surface area contributed by atoms with Gasteiger partial charge in [-0.15, -0.1) is 0 Å². The van der Waals surface area contributed by atoms with Crippen LogP contribution in [0.15, 0.2) is 42.9 Å². The Morgan fingerprint density at radius 2 is 2.11 bits per heavy atom. The van der Waals surface area contributed by atoms with E-state index in [1.165, 1.54) is 10.5 Å². The zero-order chi connectivity index (χ0) is 19.7. The molecule has 1 fully saturated rings. The highest BCUT2D eigenvalue weighted by Crippen LogP contribution is 2.30. The van der Waals surface area contributed by atoms with Crippen molar-refractivity contribution >= 4 is 22.9 Å². The Hall–Kier alpha value is -3.09. The van der Waals surface area contributed by atoms with Gasteiger partial charge >= 0.3 is 6.09 Å². The largest absolute Gasteiger partial charge is 0.465 e. The molecule has 3 aromatic rings. The van der Waals surface area contributed by atoms with Crippen molar-refractivity contribution in [2.24, 2.45) is 0 Å². The van der Waals surface area contributed by atoms with Crippen LogP contribution in [0.5, 0.6) is 0 Å². The van der Waals surface area contributed by atoms with Gasteiger partial charge < -0.3 is 19.5 Å². The molecular formula is C21H25N5O2. The highest BCUT2D eigenvalue weighted by atomic mass is 16.4. The molecule has 1 saturated heterocycles. The molecule has 1 amide bonds. The second kappa shape index (κ2) is 7.50. The summed E-state index contributed by atoms with van der Waals surface area (Å²) in [5, 5.41) is 10.4. The predicted octanol–water partition coefficient (Wildman–Crippen LogP) is 3.70. The Bertz CT molecular complexity index is 999. The minimum atomic E-state index is -0.848. The van der Waals surface area contributed by atoms with Crippen LogP contribution in [0.1, 0.15) is 25.3 Å². The first-order valence-corrected chi connectivity index (χ1v) is 9.72. The number of aromatic nitrogens is 3. The summed E-state index contributed by atoms with van der Waals surface area (Å²) in [6.07, 6.45) is 4.61. The standard InChI is InChI=1S/C21H25N5O2/c1-3-25(16-8-6-11-24(13-16)21(27)28)19-17-10-12-26(20(17)23-14-22-19)18-9-5-4-7-15(18)2/h4-5,7,9-10,12,14,16H,3,6,8,11,13H2,1-2H3,(H,27,28). The summed E-state index contributed by atoms with van der Waals surface area (Å²) < 4.78 is 2.09. The average Bonchev–Trinajstić information content (AvgIpc) is 3.14. The van der Waals surface area contributed by atoms with Crippen LogP contribution < -0.4 is 4.90 Å². The second-order valence-electron chi connectivity index (χ2n) is 7.22. The molecule has 0 spiro atoms. The summed E-state index contributed by atoms with van der Waals surface area (Å²) in [5.41, 5.74) is 3.14. The number of nitrogens with zero attached hydrogens (tertiary/aromatic N) is 5. The lowest BCUT2D eigenvalue weighted by molar-refractivity contribution is 0.130. The maximum Gasteiger partial charge on any atom is 0.407 e. The molecule has 1 aliphatic heterocycles. The van der Waals surface area contributed by atoms with Gasteiger partial charge in [0.05, 0.1) is 5.39 Å². The number of fused-ring (bicyclic) bond motifs is 1. The summed E-state index contributed by atoms with van der Waals surface area (Å²) in [4.78, 5) is 24.3. The third-order valence-corrected chi connectivity index (χ3v) is 5.56. The van der Waals surface area contributed by atoms with E-state index in [2.05, 4.69) is 51.5 Å². The quantitative estimate of drug-likeness (QED) is 0.748. The Morgan fingerprint density at radius 3 is 2.86 bits per heavy atom. The summed E-state index contributed by atoms with van der Waals surface area (Å²) in [6.45, 7) is 6.05. The lowest BCUT2D eigenvalue weighted by atomic mass is 10.0. The fourth-order valence-electron chi connectivity index (χ4n) is 4.16. The minimum Gasteiger partial charge on any atom is -0.465 e. The number of likely N-dealkylation sites (N-methyl/N-ethyl adjacent to an activating group) is 1. The molecule has 28 heavy (non-hydrogen) atoms. The third kappa shape index (κ3) is 3.17. The zero-order valence-electron chi connectivity index (χ0n) is 16.2. The van der Waals surface area contributed by atoms with Crippen LogP contribution in [0.25, 0.3) is 16.7 Å². The van der Waals surface area contributed by atoms with Crippen LogP contribution in [-0.2, 0) is 0 Å². The number of carboxylic acid groups (broad SMARTS) is 1. The van der Waals surface area contributed by atoms with Crippen LogP contribution in [0.2, 0.25) is 0 Å². The van der Waals surface area contributed by atoms with Gasteiger partial charge in [-0.25, -0.2) is 14.8 Å². The topological polar surface area (TPSA) is 74.5 Å². The lowest BCUT2D eigenvalue weighted by Gasteiger charge is -2.38. The van der Waals surface area contributed by atoms with Gasteiger partial charge in [0.1, 0.15) is 17.8 Å². The normalized spacial score (nSPS) is 17.1. The second-order valence-corrected chi connectivity index (χ2v) is 7.22. The molecule has 7 nitrogen and oxygen atoms in total. The van der Waals surface area contributed by atoms with Gasteiger partial charge in [-0.3, -0.25) is 0 Å². The number of likely N-dealkylation sites (tertiary alicyclic amines) is 1. The fraction of sp³-hybridized carbons (Fsp3) is 0.381. The van der Waals surface area contributed by atoms with Crippen molar-refractivity contribution in [3.8, 4) is 5.69 Å². The molecule has 0 saturated carbocycles. The van der Waals surface area contributed by atoms with E-state index in [9.17, 15) is 9.90 Å². The smallest absolute Gasteiger partial charge is 0.407 e. The van der Waals surface area contributed by atoms with E-state index in [4.69, 9.17) is 0 Å². The molecule has 1 aromatic carbocycles. The molecule has 0 radical (unpaired) electrons. The number of amides is 1. The highest BCUT2D eigenvalue weighted by Gasteiger charge is 2.29. The van der Waals surface area contributed by atoms with Crippen molar-refractivity contribution < 1.29 is 9.90 Å².